The minimum Gasteiger partial charge on any atom is -0.378 e. The van der Waals surface area contributed by atoms with Gasteiger partial charge >= 0.3 is 0 Å². The van der Waals surface area contributed by atoms with Gasteiger partial charge in [0.15, 0.2) is 0 Å². The summed E-state index contributed by atoms with van der Waals surface area (Å²) in [6, 6.07) is 0.595. The highest BCUT2D eigenvalue weighted by molar-refractivity contribution is 4.79. The van der Waals surface area contributed by atoms with Gasteiger partial charge in [0.2, 0.25) is 0 Å². The van der Waals surface area contributed by atoms with Crippen LogP contribution < -0.4 is 5.73 Å². The van der Waals surface area contributed by atoms with Crippen molar-refractivity contribution in [1.29, 1.82) is 0 Å². The summed E-state index contributed by atoms with van der Waals surface area (Å²) in [5.41, 5.74) is 6.30. The molecule has 0 radical (unpaired) electrons. The fraction of sp³-hybridized carbons (Fsp3) is 1.00. The molecule has 1 aliphatic rings. The van der Waals surface area contributed by atoms with E-state index < -0.39 is 0 Å². The Morgan fingerprint density at radius 3 is 2.65 bits per heavy atom. The Hall–Kier alpha value is -0.120. The maximum Gasteiger partial charge on any atom is 0.0622 e. The average Bonchev–Trinajstić information content (AvgIpc) is 2.27. The first-order valence-corrected chi connectivity index (χ1v) is 6.98. The lowest BCUT2D eigenvalue weighted by Crippen LogP contribution is -2.48. The number of nitrogens with zero attached hydrogens (tertiary/aromatic N) is 1. The molecule has 0 aliphatic carbocycles. The largest absolute Gasteiger partial charge is 0.378 e. The zero-order valence-electron chi connectivity index (χ0n) is 12.0. The number of hydrogen-bond donors (Lipinski definition) is 1. The van der Waals surface area contributed by atoms with E-state index in [-0.39, 0.29) is 0 Å². The van der Waals surface area contributed by atoms with Crippen molar-refractivity contribution < 1.29 is 4.74 Å². The van der Waals surface area contributed by atoms with Crippen LogP contribution >= 0.6 is 0 Å². The van der Waals surface area contributed by atoms with E-state index in [9.17, 15) is 0 Å². The molecule has 0 aromatic heterocycles. The van der Waals surface area contributed by atoms with Crippen LogP contribution in [-0.2, 0) is 4.74 Å². The van der Waals surface area contributed by atoms with E-state index in [2.05, 4.69) is 32.6 Å². The minimum atomic E-state index is 0.373. The highest BCUT2D eigenvalue weighted by Crippen LogP contribution is 2.25. The van der Waals surface area contributed by atoms with E-state index in [0.717, 1.165) is 32.8 Å². The van der Waals surface area contributed by atoms with Crippen LogP contribution in [-0.4, -0.2) is 43.8 Å². The number of hydrogen-bond acceptors (Lipinski definition) is 3. The second-order valence-electron chi connectivity index (χ2n) is 6.50. The molecule has 0 saturated carbocycles. The van der Waals surface area contributed by atoms with Gasteiger partial charge in [-0.3, -0.25) is 4.90 Å². The van der Waals surface area contributed by atoms with E-state index in [1.165, 1.54) is 12.8 Å². The summed E-state index contributed by atoms with van der Waals surface area (Å²) in [7, 11) is 0. The molecular weight excluding hydrogens is 212 g/mol. The molecule has 17 heavy (non-hydrogen) atoms. The minimum absolute atomic E-state index is 0.373. The normalized spacial score (nSPS) is 24.9. The van der Waals surface area contributed by atoms with E-state index in [0.29, 0.717) is 17.4 Å². The third-order valence-electron chi connectivity index (χ3n) is 3.55. The fourth-order valence-corrected chi connectivity index (χ4v) is 2.73. The Labute approximate surface area is 107 Å². The Balaban J connectivity index is 2.48. The maximum atomic E-state index is 5.93. The van der Waals surface area contributed by atoms with Crippen molar-refractivity contribution in [1.82, 2.24) is 4.90 Å². The first-order valence-electron chi connectivity index (χ1n) is 6.98. The summed E-state index contributed by atoms with van der Waals surface area (Å²) in [5, 5.41) is 0. The lowest BCUT2D eigenvalue weighted by molar-refractivity contribution is -0.0171. The molecule has 0 aromatic carbocycles. The van der Waals surface area contributed by atoms with Crippen molar-refractivity contribution in [3.8, 4) is 0 Å². The van der Waals surface area contributed by atoms with E-state index >= 15 is 0 Å². The van der Waals surface area contributed by atoms with Crippen LogP contribution in [0.4, 0.5) is 0 Å². The quantitative estimate of drug-likeness (QED) is 0.802. The molecule has 1 saturated heterocycles. The molecule has 1 rings (SSSR count). The summed E-state index contributed by atoms with van der Waals surface area (Å²) in [6.45, 7) is 13.9. The average molecular weight is 242 g/mol. The van der Waals surface area contributed by atoms with Crippen LogP contribution in [0.1, 0.15) is 40.5 Å². The van der Waals surface area contributed by atoms with Crippen molar-refractivity contribution in [2.45, 2.75) is 46.6 Å². The summed E-state index contributed by atoms with van der Waals surface area (Å²) < 4.78 is 5.55. The highest BCUT2D eigenvalue weighted by Gasteiger charge is 2.25. The lowest BCUT2D eigenvalue weighted by atomic mass is 9.84. The van der Waals surface area contributed by atoms with Gasteiger partial charge in [-0.1, -0.05) is 27.7 Å². The molecule has 2 N–H and O–H groups in total. The Kier molecular flexibility index (Phi) is 5.90. The predicted molar refractivity (Wildman–Crippen MR) is 73.1 cm³/mol. The molecule has 0 spiro atoms. The molecule has 0 bridgehead atoms. The van der Waals surface area contributed by atoms with Gasteiger partial charge in [0.1, 0.15) is 0 Å². The van der Waals surface area contributed by atoms with E-state index in [1.807, 2.05) is 0 Å². The van der Waals surface area contributed by atoms with Crippen molar-refractivity contribution >= 4 is 0 Å². The number of nitrogens with two attached hydrogens (primary N) is 1. The second kappa shape index (κ2) is 6.72. The zero-order valence-corrected chi connectivity index (χ0v) is 12.0. The molecule has 0 amide bonds. The predicted octanol–water partition coefficient (Wildman–Crippen LogP) is 2.11. The molecule has 1 fully saturated rings. The van der Waals surface area contributed by atoms with Gasteiger partial charge in [-0.05, 0) is 30.7 Å². The maximum absolute atomic E-state index is 5.93. The van der Waals surface area contributed by atoms with Gasteiger partial charge < -0.3 is 10.5 Å². The lowest BCUT2D eigenvalue weighted by Gasteiger charge is -2.38. The van der Waals surface area contributed by atoms with Gasteiger partial charge in [-0.15, -0.1) is 0 Å². The van der Waals surface area contributed by atoms with Crippen molar-refractivity contribution in [2.24, 2.45) is 17.1 Å². The monoisotopic (exact) mass is 242 g/mol. The Morgan fingerprint density at radius 2 is 2.12 bits per heavy atom. The van der Waals surface area contributed by atoms with Crippen LogP contribution in [0, 0.1) is 11.3 Å². The van der Waals surface area contributed by atoms with Crippen molar-refractivity contribution in [3.63, 3.8) is 0 Å². The molecular formula is C14H30N2O. The number of ether oxygens (including phenoxy) is 1. The topological polar surface area (TPSA) is 38.5 Å². The van der Waals surface area contributed by atoms with Crippen LogP contribution in [0.3, 0.4) is 0 Å². The molecule has 2 atom stereocenters. The van der Waals surface area contributed by atoms with Gasteiger partial charge in [-0.25, -0.2) is 0 Å². The fourth-order valence-electron chi connectivity index (χ4n) is 2.73. The first-order chi connectivity index (χ1) is 7.96. The van der Waals surface area contributed by atoms with Gasteiger partial charge in [0, 0.05) is 19.1 Å². The first kappa shape index (κ1) is 14.9. The zero-order chi connectivity index (χ0) is 12.9. The number of morpholine rings is 1. The van der Waals surface area contributed by atoms with Crippen LogP contribution in [0.25, 0.3) is 0 Å². The van der Waals surface area contributed by atoms with E-state index in [1.54, 1.807) is 0 Å². The van der Waals surface area contributed by atoms with Gasteiger partial charge in [0.05, 0.1) is 13.2 Å². The SMILES string of the molecule is CCC1COCCN1CC(CN)CC(C)(C)C. The standard InChI is InChI=1S/C14H30N2O/c1-5-13-11-17-7-6-16(13)10-12(9-15)8-14(2,3)4/h12-13H,5-11,15H2,1-4H3. The second-order valence-corrected chi connectivity index (χ2v) is 6.50. The van der Waals surface area contributed by atoms with Crippen molar-refractivity contribution in [2.75, 3.05) is 32.8 Å². The summed E-state index contributed by atoms with van der Waals surface area (Å²) >= 11 is 0. The molecule has 102 valence electrons. The van der Waals surface area contributed by atoms with E-state index in [4.69, 9.17) is 10.5 Å². The Bertz CT molecular complexity index is 213. The summed E-state index contributed by atoms with van der Waals surface area (Å²) in [6.07, 6.45) is 2.38. The third kappa shape index (κ3) is 5.36. The molecule has 1 heterocycles. The summed E-state index contributed by atoms with van der Waals surface area (Å²) in [5.74, 6) is 0.613. The van der Waals surface area contributed by atoms with Gasteiger partial charge in [0.25, 0.3) is 0 Å². The number of rotatable bonds is 5. The Morgan fingerprint density at radius 1 is 1.41 bits per heavy atom. The molecule has 1 aliphatic heterocycles. The third-order valence-corrected chi connectivity index (χ3v) is 3.55. The molecule has 3 heteroatoms. The smallest absolute Gasteiger partial charge is 0.0622 e. The van der Waals surface area contributed by atoms with Crippen LogP contribution in [0.5, 0.6) is 0 Å². The molecule has 3 nitrogen and oxygen atoms in total. The molecule has 0 aromatic rings. The van der Waals surface area contributed by atoms with Crippen LogP contribution in [0.2, 0.25) is 0 Å². The molecule has 2 unspecified atom stereocenters. The van der Waals surface area contributed by atoms with Crippen molar-refractivity contribution in [3.05, 3.63) is 0 Å². The highest BCUT2D eigenvalue weighted by atomic mass is 16.5. The van der Waals surface area contributed by atoms with Crippen LogP contribution in [0.15, 0.2) is 0 Å². The van der Waals surface area contributed by atoms with Gasteiger partial charge in [-0.2, -0.15) is 0 Å². The summed E-state index contributed by atoms with van der Waals surface area (Å²) in [4.78, 5) is 2.58.